The van der Waals surface area contributed by atoms with Gasteiger partial charge in [0, 0.05) is 0 Å². The van der Waals surface area contributed by atoms with E-state index >= 15 is 0 Å². The number of hydrogen-bond donors (Lipinski definition) is 2. The van der Waals surface area contributed by atoms with E-state index in [1.807, 2.05) is 13.8 Å². The summed E-state index contributed by atoms with van der Waals surface area (Å²) in [7, 11) is 0. The van der Waals surface area contributed by atoms with Gasteiger partial charge in [-0.1, -0.05) is 31.2 Å². The van der Waals surface area contributed by atoms with Gasteiger partial charge in [-0.15, -0.1) is 5.10 Å². The van der Waals surface area contributed by atoms with Crippen LogP contribution in [0.4, 0.5) is 0 Å². The third-order valence-electron chi connectivity index (χ3n) is 3.10. The zero-order valence-corrected chi connectivity index (χ0v) is 12.4. The lowest BCUT2D eigenvalue weighted by Crippen LogP contribution is -2.10. The maximum absolute atomic E-state index is 11.2. The average molecular weight is 303 g/mol. The van der Waals surface area contributed by atoms with Crippen LogP contribution in [-0.4, -0.2) is 37.1 Å². The Kier molecular flexibility index (Phi) is 4.55. The van der Waals surface area contributed by atoms with E-state index in [9.17, 15) is 14.7 Å². The zero-order valence-electron chi connectivity index (χ0n) is 12.4. The molecule has 0 amide bonds. The number of carbonyl (C=O) groups is 2. The minimum atomic E-state index is -1.11. The van der Waals surface area contributed by atoms with Crippen LogP contribution in [0.25, 0.3) is 5.69 Å². The molecule has 2 rings (SSSR count). The Morgan fingerprint density at radius 3 is 2.32 bits per heavy atom. The van der Waals surface area contributed by atoms with Crippen LogP contribution in [0.2, 0.25) is 0 Å². The summed E-state index contributed by atoms with van der Waals surface area (Å²) in [6.45, 7) is 3.97. The second-order valence-corrected chi connectivity index (χ2v) is 5.44. The van der Waals surface area contributed by atoms with Crippen molar-refractivity contribution < 1.29 is 19.8 Å². The topological polar surface area (TPSA) is 105 Å². The SMILES string of the molecule is CC(C)Cc1c(C(=O)O)nnn1-c1ccc(CC(=O)O)cc1. The fraction of sp³-hybridized carbons (Fsp3) is 0.333. The van der Waals surface area contributed by atoms with E-state index in [1.165, 1.54) is 4.68 Å². The van der Waals surface area contributed by atoms with Crippen molar-refractivity contribution in [1.82, 2.24) is 15.0 Å². The van der Waals surface area contributed by atoms with Crippen LogP contribution < -0.4 is 0 Å². The Labute approximate surface area is 127 Å². The molecular formula is C15H17N3O4. The van der Waals surface area contributed by atoms with E-state index in [4.69, 9.17) is 5.11 Å². The van der Waals surface area contributed by atoms with Crippen molar-refractivity contribution in [2.24, 2.45) is 5.92 Å². The summed E-state index contributed by atoms with van der Waals surface area (Å²) >= 11 is 0. The molecular weight excluding hydrogens is 286 g/mol. The summed E-state index contributed by atoms with van der Waals surface area (Å²) in [4.78, 5) is 21.9. The van der Waals surface area contributed by atoms with E-state index in [2.05, 4.69) is 10.3 Å². The van der Waals surface area contributed by atoms with Crippen molar-refractivity contribution >= 4 is 11.9 Å². The lowest BCUT2D eigenvalue weighted by atomic mass is 10.1. The third kappa shape index (κ3) is 3.49. The van der Waals surface area contributed by atoms with Gasteiger partial charge in [0.15, 0.2) is 5.69 Å². The zero-order chi connectivity index (χ0) is 16.3. The van der Waals surface area contributed by atoms with Crippen LogP contribution >= 0.6 is 0 Å². The number of aromatic nitrogens is 3. The Balaban J connectivity index is 2.39. The normalized spacial score (nSPS) is 10.9. The smallest absolute Gasteiger partial charge is 0.358 e. The Morgan fingerprint density at radius 2 is 1.82 bits per heavy atom. The van der Waals surface area contributed by atoms with Gasteiger partial charge in [0.1, 0.15) is 0 Å². The van der Waals surface area contributed by atoms with Crippen molar-refractivity contribution in [1.29, 1.82) is 0 Å². The van der Waals surface area contributed by atoms with Crippen LogP contribution in [0.15, 0.2) is 24.3 Å². The van der Waals surface area contributed by atoms with Gasteiger partial charge in [-0.25, -0.2) is 9.48 Å². The molecule has 0 unspecified atom stereocenters. The molecule has 7 nitrogen and oxygen atoms in total. The van der Waals surface area contributed by atoms with Crippen molar-refractivity contribution in [3.05, 3.63) is 41.2 Å². The first-order chi connectivity index (χ1) is 10.4. The highest BCUT2D eigenvalue weighted by Gasteiger charge is 2.20. The molecule has 0 radical (unpaired) electrons. The maximum atomic E-state index is 11.2. The molecule has 2 N–H and O–H groups in total. The quantitative estimate of drug-likeness (QED) is 0.843. The lowest BCUT2D eigenvalue weighted by molar-refractivity contribution is -0.136. The van der Waals surface area contributed by atoms with Crippen molar-refractivity contribution in [3.8, 4) is 5.69 Å². The molecule has 0 aliphatic heterocycles. The van der Waals surface area contributed by atoms with E-state index in [-0.39, 0.29) is 18.0 Å². The number of carboxylic acid groups (broad SMARTS) is 2. The fourth-order valence-corrected chi connectivity index (χ4v) is 2.17. The van der Waals surface area contributed by atoms with Gasteiger partial charge in [-0.05, 0) is 30.0 Å². The predicted octanol–water partition coefficient (Wildman–Crippen LogP) is 1.79. The highest BCUT2D eigenvalue weighted by Crippen LogP contribution is 2.17. The standard InChI is InChI=1S/C15H17N3O4/c1-9(2)7-12-14(15(21)22)16-17-18(12)11-5-3-10(4-6-11)8-13(19)20/h3-6,9H,7-8H2,1-2H3,(H,19,20)(H,21,22). The molecule has 0 aliphatic rings. The second-order valence-electron chi connectivity index (χ2n) is 5.44. The molecule has 0 saturated carbocycles. The van der Waals surface area contributed by atoms with Gasteiger partial charge in [-0.2, -0.15) is 0 Å². The molecule has 1 heterocycles. The lowest BCUT2D eigenvalue weighted by Gasteiger charge is -2.09. The molecule has 1 aromatic carbocycles. The molecule has 116 valence electrons. The van der Waals surface area contributed by atoms with Gasteiger partial charge in [0.25, 0.3) is 0 Å². The number of nitrogens with zero attached hydrogens (tertiary/aromatic N) is 3. The number of benzene rings is 1. The van der Waals surface area contributed by atoms with Crippen molar-refractivity contribution in [3.63, 3.8) is 0 Å². The largest absolute Gasteiger partial charge is 0.481 e. The van der Waals surface area contributed by atoms with Crippen LogP contribution in [0, 0.1) is 5.92 Å². The summed E-state index contributed by atoms with van der Waals surface area (Å²) in [6.07, 6.45) is 0.475. The highest BCUT2D eigenvalue weighted by molar-refractivity contribution is 5.86. The minimum absolute atomic E-state index is 0.0525. The van der Waals surface area contributed by atoms with Gasteiger partial charge >= 0.3 is 11.9 Å². The van der Waals surface area contributed by atoms with Crippen LogP contribution in [0.5, 0.6) is 0 Å². The maximum Gasteiger partial charge on any atom is 0.358 e. The van der Waals surface area contributed by atoms with Gasteiger partial charge in [0.05, 0.1) is 17.8 Å². The summed E-state index contributed by atoms with van der Waals surface area (Å²) in [5.41, 5.74) is 1.81. The molecule has 7 heteroatoms. The fourth-order valence-electron chi connectivity index (χ4n) is 2.17. The Hall–Kier alpha value is -2.70. The molecule has 0 saturated heterocycles. The minimum Gasteiger partial charge on any atom is -0.481 e. The molecule has 1 aromatic heterocycles. The van der Waals surface area contributed by atoms with E-state index in [0.29, 0.717) is 23.4 Å². The third-order valence-corrected chi connectivity index (χ3v) is 3.10. The second kappa shape index (κ2) is 6.38. The summed E-state index contributed by atoms with van der Waals surface area (Å²) in [6, 6.07) is 6.79. The molecule has 2 aromatic rings. The first-order valence-corrected chi connectivity index (χ1v) is 6.87. The number of aromatic carboxylic acids is 1. The van der Waals surface area contributed by atoms with Crippen molar-refractivity contribution in [2.75, 3.05) is 0 Å². The van der Waals surface area contributed by atoms with E-state index in [0.717, 1.165) is 0 Å². The van der Waals surface area contributed by atoms with Crippen molar-refractivity contribution in [2.45, 2.75) is 26.7 Å². The highest BCUT2D eigenvalue weighted by atomic mass is 16.4. The molecule has 0 bridgehead atoms. The Bertz CT molecular complexity index is 689. The van der Waals surface area contributed by atoms with E-state index < -0.39 is 11.9 Å². The number of aliphatic carboxylic acids is 1. The first-order valence-electron chi connectivity index (χ1n) is 6.87. The summed E-state index contributed by atoms with van der Waals surface area (Å²) < 4.78 is 1.49. The Morgan fingerprint density at radius 1 is 1.18 bits per heavy atom. The number of hydrogen-bond acceptors (Lipinski definition) is 4. The number of carboxylic acids is 2. The average Bonchev–Trinajstić information content (AvgIpc) is 2.82. The molecule has 0 fully saturated rings. The summed E-state index contributed by atoms with van der Waals surface area (Å²) in [5, 5.41) is 25.6. The predicted molar refractivity (Wildman–Crippen MR) is 78.2 cm³/mol. The molecule has 0 aliphatic carbocycles. The van der Waals surface area contributed by atoms with Gasteiger partial charge in [-0.3, -0.25) is 4.79 Å². The van der Waals surface area contributed by atoms with Gasteiger partial charge < -0.3 is 10.2 Å². The molecule has 0 spiro atoms. The monoisotopic (exact) mass is 303 g/mol. The van der Waals surface area contributed by atoms with Crippen LogP contribution in [-0.2, 0) is 17.6 Å². The van der Waals surface area contributed by atoms with Gasteiger partial charge in [0.2, 0.25) is 0 Å². The summed E-state index contributed by atoms with van der Waals surface area (Å²) in [5.74, 6) is -1.76. The molecule has 22 heavy (non-hydrogen) atoms. The van der Waals surface area contributed by atoms with E-state index in [1.54, 1.807) is 24.3 Å². The molecule has 0 atom stereocenters. The van der Waals surface area contributed by atoms with Crippen LogP contribution in [0.3, 0.4) is 0 Å². The van der Waals surface area contributed by atoms with Crippen LogP contribution in [0.1, 0.15) is 35.6 Å². The number of rotatable bonds is 6. The first kappa shape index (κ1) is 15.7.